The summed E-state index contributed by atoms with van der Waals surface area (Å²) in [6.45, 7) is 11.9. The predicted octanol–water partition coefficient (Wildman–Crippen LogP) is -0.0666. The standard InChI is InChI=1S/C7H21NSi2/c1-5-8(6-2)10-7(3,4)9/h5-6,10H2,1-4,9H3. The highest BCUT2D eigenvalue weighted by molar-refractivity contribution is 6.51. The van der Waals surface area contributed by atoms with Crippen molar-refractivity contribution >= 4 is 19.9 Å². The smallest absolute Gasteiger partial charge is 0.0971 e. The molecule has 0 rings (SSSR count). The molecule has 0 atom stereocenters. The Morgan fingerprint density at radius 2 is 1.70 bits per heavy atom. The van der Waals surface area contributed by atoms with Crippen molar-refractivity contribution in [1.29, 1.82) is 0 Å². The van der Waals surface area contributed by atoms with Crippen molar-refractivity contribution < 1.29 is 0 Å². The van der Waals surface area contributed by atoms with E-state index in [2.05, 4.69) is 32.3 Å². The highest BCUT2D eigenvalue weighted by Crippen LogP contribution is 2.16. The molecular formula is C7H21NSi2. The molecular weight excluding hydrogens is 154 g/mol. The van der Waals surface area contributed by atoms with Gasteiger partial charge in [-0.25, -0.2) is 0 Å². The molecule has 0 aromatic heterocycles. The van der Waals surface area contributed by atoms with Crippen LogP contribution in [-0.4, -0.2) is 37.6 Å². The Morgan fingerprint density at radius 3 is 1.80 bits per heavy atom. The number of rotatable bonds is 4. The first-order valence-electron chi connectivity index (χ1n) is 4.22. The normalized spacial score (nSPS) is 14.1. The minimum atomic E-state index is 0.0586. The molecule has 0 saturated heterocycles. The molecule has 0 saturated carbocycles. The van der Waals surface area contributed by atoms with Crippen molar-refractivity contribution in [2.45, 2.75) is 32.4 Å². The van der Waals surface area contributed by atoms with Gasteiger partial charge < -0.3 is 4.57 Å². The second-order valence-corrected chi connectivity index (χ2v) is 11.5. The Bertz CT molecular complexity index is 84.1. The summed E-state index contributed by atoms with van der Waals surface area (Å²) in [7, 11) is 1.41. The Labute approximate surface area is 70.5 Å². The van der Waals surface area contributed by atoms with Crippen molar-refractivity contribution in [2.24, 2.45) is 0 Å². The SMILES string of the molecule is CCN(CC)[SiH2]C(C)(C)[SiH3]. The van der Waals surface area contributed by atoms with Crippen LogP contribution in [0.15, 0.2) is 0 Å². The highest BCUT2D eigenvalue weighted by Gasteiger charge is 2.14. The molecule has 0 aromatic rings. The van der Waals surface area contributed by atoms with Crippen molar-refractivity contribution in [3.05, 3.63) is 0 Å². The first kappa shape index (κ1) is 10.4. The Balaban J connectivity index is 3.63. The van der Waals surface area contributed by atoms with Gasteiger partial charge in [-0.3, -0.25) is 0 Å². The molecule has 10 heavy (non-hydrogen) atoms. The molecule has 0 N–H and O–H groups in total. The van der Waals surface area contributed by atoms with E-state index in [0.717, 1.165) is 4.66 Å². The predicted molar refractivity (Wildman–Crippen MR) is 55.4 cm³/mol. The average molecular weight is 175 g/mol. The third-order valence-corrected chi connectivity index (χ3v) is 4.83. The molecule has 0 spiro atoms. The quantitative estimate of drug-likeness (QED) is 0.541. The zero-order chi connectivity index (χ0) is 8.20. The lowest BCUT2D eigenvalue weighted by atomic mass is 10.5. The fourth-order valence-electron chi connectivity index (χ4n) is 1.12. The second-order valence-electron chi connectivity index (χ2n) is 4.02. The van der Waals surface area contributed by atoms with Gasteiger partial charge in [0.05, 0.1) is 9.68 Å². The third kappa shape index (κ3) is 5.20. The van der Waals surface area contributed by atoms with Crippen LogP contribution in [0.3, 0.4) is 0 Å². The summed E-state index contributed by atoms with van der Waals surface area (Å²) < 4.78 is 3.36. The Morgan fingerprint density at radius 1 is 1.30 bits per heavy atom. The lowest BCUT2D eigenvalue weighted by molar-refractivity contribution is 0.482. The molecule has 0 aliphatic rings. The summed E-state index contributed by atoms with van der Waals surface area (Å²) in [6.07, 6.45) is 0. The average Bonchev–Trinajstić information content (AvgIpc) is 1.81. The Hall–Kier alpha value is 0.394. The van der Waals surface area contributed by atoms with Crippen LogP contribution in [-0.2, 0) is 0 Å². The van der Waals surface area contributed by atoms with Gasteiger partial charge in [0.25, 0.3) is 0 Å². The molecule has 3 heteroatoms. The summed E-state index contributed by atoms with van der Waals surface area (Å²) in [4.78, 5) is 0. The summed E-state index contributed by atoms with van der Waals surface area (Å²) in [5, 5.41) is 0. The van der Waals surface area contributed by atoms with Crippen molar-refractivity contribution in [3.63, 3.8) is 0 Å². The van der Waals surface area contributed by atoms with Gasteiger partial charge in [-0.2, -0.15) is 0 Å². The monoisotopic (exact) mass is 175 g/mol. The highest BCUT2D eigenvalue weighted by atomic mass is 28.3. The molecule has 0 radical (unpaired) electrons. The largest absolute Gasteiger partial charge is 0.329 e. The first-order valence-corrected chi connectivity index (χ1v) is 6.56. The fraction of sp³-hybridized carbons (Fsp3) is 1.00. The van der Waals surface area contributed by atoms with Crippen molar-refractivity contribution in [2.75, 3.05) is 13.1 Å². The van der Waals surface area contributed by atoms with Gasteiger partial charge in [0.1, 0.15) is 0 Å². The molecule has 0 fully saturated rings. The summed E-state index contributed by atoms with van der Waals surface area (Å²) in [6, 6.07) is 0. The van der Waals surface area contributed by atoms with Crippen LogP contribution in [0.25, 0.3) is 0 Å². The maximum atomic E-state index is 2.63. The van der Waals surface area contributed by atoms with E-state index < -0.39 is 0 Å². The van der Waals surface area contributed by atoms with Gasteiger partial charge in [0.15, 0.2) is 0 Å². The molecule has 0 heterocycles. The van der Waals surface area contributed by atoms with E-state index in [0.29, 0.717) is 0 Å². The molecule has 0 aliphatic carbocycles. The van der Waals surface area contributed by atoms with E-state index in [1.165, 1.54) is 23.3 Å². The summed E-state index contributed by atoms with van der Waals surface area (Å²) >= 11 is 0. The van der Waals surface area contributed by atoms with Crippen LogP contribution in [0.2, 0.25) is 4.66 Å². The van der Waals surface area contributed by atoms with Crippen LogP contribution in [0.1, 0.15) is 27.7 Å². The zero-order valence-electron chi connectivity index (χ0n) is 8.07. The van der Waals surface area contributed by atoms with Crippen LogP contribution in [0, 0.1) is 0 Å². The van der Waals surface area contributed by atoms with Gasteiger partial charge in [-0.1, -0.05) is 27.7 Å². The van der Waals surface area contributed by atoms with Crippen LogP contribution < -0.4 is 0 Å². The molecule has 1 nitrogen and oxygen atoms in total. The van der Waals surface area contributed by atoms with Gasteiger partial charge in [-0.15, -0.1) is 0 Å². The fourth-order valence-corrected chi connectivity index (χ4v) is 4.25. The topological polar surface area (TPSA) is 3.24 Å². The van der Waals surface area contributed by atoms with E-state index in [-0.39, 0.29) is 9.68 Å². The first-order chi connectivity index (χ1) is 4.49. The maximum Gasteiger partial charge on any atom is 0.0971 e. The van der Waals surface area contributed by atoms with E-state index in [9.17, 15) is 0 Å². The molecule has 62 valence electrons. The van der Waals surface area contributed by atoms with Crippen LogP contribution >= 0.6 is 0 Å². The van der Waals surface area contributed by atoms with Gasteiger partial charge in [0.2, 0.25) is 0 Å². The molecule has 0 amide bonds. The lowest BCUT2D eigenvalue weighted by Gasteiger charge is -2.26. The molecule has 0 unspecified atom stereocenters. The third-order valence-electron chi connectivity index (χ3n) is 1.59. The summed E-state index contributed by atoms with van der Waals surface area (Å²) in [5.74, 6) is 0. The molecule has 0 aliphatic heterocycles. The van der Waals surface area contributed by atoms with Crippen molar-refractivity contribution in [1.82, 2.24) is 4.57 Å². The number of nitrogens with zero attached hydrogens (tertiary/aromatic N) is 1. The van der Waals surface area contributed by atoms with Gasteiger partial charge in [-0.05, 0) is 17.8 Å². The van der Waals surface area contributed by atoms with Crippen molar-refractivity contribution in [3.8, 4) is 0 Å². The molecule has 0 aromatic carbocycles. The summed E-state index contributed by atoms with van der Waals surface area (Å²) in [5.41, 5.74) is 0. The van der Waals surface area contributed by atoms with E-state index >= 15 is 0 Å². The second kappa shape index (κ2) is 4.31. The van der Waals surface area contributed by atoms with E-state index in [4.69, 9.17) is 0 Å². The zero-order valence-corrected chi connectivity index (χ0v) is 11.5. The minimum absolute atomic E-state index is 0.0586. The van der Waals surface area contributed by atoms with Crippen LogP contribution in [0.5, 0.6) is 0 Å². The van der Waals surface area contributed by atoms with E-state index in [1.54, 1.807) is 0 Å². The maximum absolute atomic E-state index is 2.63. The van der Waals surface area contributed by atoms with E-state index in [1.807, 2.05) is 0 Å². The minimum Gasteiger partial charge on any atom is -0.329 e. The van der Waals surface area contributed by atoms with Gasteiger partial charge in [0, 0.05) is 10.2 Å². The van der Waals surface area contributed by atoms with Crippen LogP contribution in [0.4, 0.5) is 0 Å². The number of hydrogen-bond donors (Lipinski definition) is 0. The van der Waals surface area contributed by atoms with Gasteiger partial charge >= 0.3 is 0 Å². The number of hydrogen-bond acceptors (Lipinski definition) is 1. The molecule has 0 bridgehead atoms. The Kier molecular flexibility index (Phi) is 4.48. The lowest BCUT2D eigenvalue weighted by Crippen LogP contribution is -2.34.